The largest absolute Gasteiger partial charge is 0.358 e. The van der Waals surface area contributed by atoms with E-state index in [-0.39, 0.29) is 38.5 Å². The third kappa shape index (κ3) is 4.75. The molecule has 0 saturated carbocycles. The molecule has 2 aliphatic rings. The maximum atomic E-state index is 13.3. The van der Waals surface area contributed by atoms with Crippen LogP contribution >= 0.6 is 23.2 Å². The Kier molecular flexibility index (Phi) is 6.89. The molecule has 0 aliphatic carbocycles. The van der Waals surface area contributed by atoms with E-state index in [0.29, 0.717) is 58.0 Å². The topological polar surface area (TPSA) is 125 Å². The number of nitrogens with zero attached hydrogens (tertiary/aromatic N) is 1. The first-order chi connectivity index (χ1) is 18.0. The summed E-state index contributed by atoms with van der Waals surface area (Å²) in [7, 11) is -3.83. The maximum absolute atomic E-state index is 13.3. The first-order valence-electron chi connectivity index (χ1n) is 12.0. The van der Waals surface area contributed by atoms with E-state index in [4.69, 9.17) is 28.9 Å². The van der Waals surface area contributed by atoms with Crippen molar-refractivity contribution in [3.05, 3.63) is 80.1 Å². The molecule has 3 heterocycles. The summed E-state index contributed by atoms with van der Waals surface area (Å²) in [6.07, 6.45) is 2.41. The van der Waals surface area contributed by atoms with E-state index >= 15 is 0 Å². The molecule has 198 valence electrons. The fraction of sp³-hybridized carbons (Fsp3) is 0.259. The third-order valence-corrected chi connectivity index (χ3v) is 9.37. The van der Waals surface area contributed by atoms with Crippen LogP contribution in [0.4, 0.5) is 5.69 Å². The number of hydrogen-bond donors (Lipinski definition) is 3. The van der Waals surface area contributed by atoms with Crippen LogP contribution in [0.3, 0.4) is 0 Å². The van der Waals surface area contributed by atoms with Crippen molar-refractivity contribution in [1.29, 1.82) is 0 Å². The highest BCUT2D eigenvalue weighted by molar-refractivity contribution is 7.90. The molecule has 38 heavy (non-hydrogen) atoms. The number of nitrogens with two attached hydrogens (primary N) is 1. The fourth-order valence-corrected chi connectivity index (χ4v) is 7.08. The number of nitrogens with one attached hydrogen (secondary N) is 2. The summed E-state index contributed by atoms with van der Waals surface area (Å²) in [4.78, 5) is 31.0. The van der Waals surface area contributed by atoms with E-state index in [1.165, 1.54) is 12.1 Å². The Balaban J connectivity index is 1.50. The zero-order valence-corrected chi connectivity index (χ0v) is 23.1. The average Bonchev–Trinajstić information content (AvgIpc) is 3.51. The molecule has 0 radical (unpaired) electrons. The Morgan fingerprint density at radius 1 is 1.18 bits per heavy atom. The van der Waals surface area contributed by atoms with Crippen molar-refractivity contribution in [2.24, 2.45) is 5.73 Å². The summed E-state index contributed by atoms with van der Waals surface area (Å²) < 4.78 is 26.6. The number of sulfone groups is 1. The van der Waals surface area contributed by atoms with Crippen LogP contribution < -0.4 is 11.1 Å². The normalized spacial score (nSPS) is 18.2. The fourth-order valence-electron chi connectivity index (χ4n) is 4.96. The van der Waals surface area contributed by atoms with Gasteiger partial charge in [-0.15, -0.1) is 0 Å². The second-order valence-electron chi connectivity index (χ2n) is 9.64. The van der Waals surface area contributed by atoms with Crippen molar-refractivity contribution in [2.75, 3.05) is 18.4 Å². The van der Waals surface area contributed by atoms with Gasteiger partial charge in [-0.2, -0.15) is 0 Å². The van der Waals surface area contributed by atoms with E-state index in [1.54, 1.807) is 35.2 Å². The van der Waals surface area contributed by atoms with Crippen LogP contribution in [-0.2, 0) is 20.4 Å². The molecule has 1 fully saturated rings. The van der Waals surface area contributed by atoms with Gasteiger partial charge in [0.1, 0.15) is 0 Å². The minimum Gasteiger partial charge on any atom is -0.358 e. The highest BCUT2D eigenvalue weighted by Gasteiger charge is 2.30. The van der Waals surface area contributed by atoms with Gasteiger partial charge in [0.15, 0.2) is 9.84 Å². The van der Waals surface area contributed by atoms with Crippen LogP contribution in [0.25, 0.3) is 11.6 Å². The number of anilines is 1. The number of aromatic nitrogens is 1. The molecular formula is C27H26Cl2N4O4S. The molecule has 1 aromatic heterocycles. The van der Waals surface area contributed by atoms with Crippen LogP contribution in [-0.4, -0.2) is 49.2 Å². The number of rotatable bonds is 5. The van der Waals surface area contributed by atoms with Crippen LogP contribution in [0, 0.1) is 13.8 Å². The van der Waals surface area contributed by atoms with Crippen molar-refractivity contribution in [3.8, 4) is 0 Å². The van der Waals surface area contributed by atoms with Gasteiger partial charge in [0.05, 0.1) is 21.8 Å². The van der Waals surface area contributed by atoms with Crippen molar-refractivity contribution in [2.45, 2.75) is 37.0 Å². The van der Waals surface area contributed by atoms with Gasteiger partial charge in [0, 0.05) is 57.4 Å². The number of amides is 2. The van der Waals surface area contributed by atoms with Gasteiger partial charge in [-0.05, 0) is 62.2 Å². The van der Waals surface area contributed by atoms with Crippen molar-refractivity contribution < 1.29 is 18.0 Å². The minimum absolute atomic E-state index is 0.0294. The molecule has 1 saturated heterocycles. The molecule has 2 amide bonds. The molecule has 0 spiro atoms. The van der Waals surface area contributed by atoms with Crippen LogP contribution in [0.1, 0.15) is 44.9 Å². The van der Waals surface area contributed by atoms with Gasteiger partial charge >= 0.3 is 0 Å². The molecule has 2 aromatic carbocycles. The third-order valence-electron chi connectivity index (χ3n) is 7.02. The van der Waals surface area contributed by atoms with Crippen LogP contribution in [0.5, 0.6) is 0 Å². The van der Waals surface area contributed by atoms with E-state index in [9.17, 15) is 18.0 Å². The second-order valence-corrected chi connectivity index (χ2v) is 12.4. The lowest BCUT2D eigenvalue weighted by atomic mass is 10.0. The number of carbonyl (C=O) groups excluding carboxylic acids is 2. The number of aromatic amines is 1. The lowest BCUT2D eigenvalue weighted by Gasteiger charge is -2.16. The average molecular weight is 574 g/mol. The molecule has 0 unspecified atom stereocenters. The van der Waals surface area contributed by atoms with Gasteiger partial charge in [-0.3, -0.25) is 9.59 Å². The van der Waals surface area contributed by atoms with Gasteiger partial charge in [0.25, 0.3) is 11.8 Å². The standard InChI is InChI=1S/C27H26Cl2N4O4S/c1-14-24(31-15(2)25(14)27(35)33-9-8-16(30)12-33)11-19-18-10-17(6-7-23(18)32-26(19)34)38(36,37)13-20-21(28)4-3-5-22(20)29/h3-7,10-11,16,31H,8-9,12-13,30H2,1-2H3,(H,32,34)/b19-11-/t16-/m0/s1. The van der Waals surface area contributed by atoms with Gasteiger partial charge in [0.2, 0.25) is 0 Å². The Bertz CT molecular complexity index is 1610. The maximum Gasteiger partial charge on any atom is 0.256 e. The first kappa shape index (κ1) is 26.5. The molecule has 0 bridgehead atoms. The highest BCUT2D eigenvalue weighted by atomic mass is 35.5. The number of hydrogen-bond acceptors (Lipinski definition) is 5. The summed E-state index contributed by atoms with van der Waals surface area (Å²) in [6, 6.07) is 9.27. The van der Waals surface area contributed by atoms with Crippen LogP contribution in [0.15, 0.2) is 41.3 Å². The van der Waals surface area contributed by atoms with Gasteiger partial charge in [-0.25, -0.2) is 8.42 Å². The molecule has 5 rings (SSSR count). The quantitative estimate of drug-likeness (QED) is 0.386. The monoisotopic (exact) mass is 572 g/mol. The van der Waals surface area contributed by atoms with E-state index in [1.807, 2.05) is 13.8 Å². The number of H-pyrrole nitrogens is 1. The Hall–Kier alpha value is -3.11. The lowest BCUT2D eigenvalue weighted by molar-refractivity contribution is -0.110. The van der Waals surface area contributed by atoms with Crippen molar-refractivity contribution in [3.63, 3.8) is 0 Å². The minimum atomic E-state index is -3.83. The summed E-state index contributed by atoms with van der Waals surface area (Å²) in [5.74, 6) is -0.851. The summed E-state index contributed by atoms with van der Waals surface area (Å²) in [5.41, 5.74) is 10.1. The number of benzene rings is 2. The molecule has 4 N–H and O–H groups in total. The summed E-state index contributed by atoms with van der Waals surface area (Å²) >= 11 is 12.4. The van der Waals surface area contributed by atoms with E-state index in [2.05, 4.69) is 10.3 Å². The summed E-state index contributed by atoms with van der Waals surface area (Å²) in [5, 5.41) is 3.31. The molecule has 11 heteroatoms. The number of carbonyl (C=O) groups is 2. The molecule has 1 atom stereocenters. The zero-order valence-electron chi connectivity index (χ0n) is 20.8. The molecule has 2 aliphatic heterocycles. The number of halogens is 2. The van der Waals surface area contributed by atoms with E-state index < -0.39 is 9.84 Å². The van der Waals surface area contributed by atoms with Gasteiger partial charge in [-0.1, -0.05) is 29.3 Å². The molecule has 3 aromatic rings. The zero-order chi connectivity index (χ0) is 27.4. The number of likely N-dealkylation sites (tertiary alicyclic amines) is 1. The summed E-state index contributed by atoms with van der Waals surface area (Å²) in [6.45, 7) is 4.74. The Labute approximate surface area is 230 Å². The predicted octanol–water partition coefficient (Wildman–Crippen LogP) is 4.58. The van der Waals surface area contributed by atoms with Crippen molar-refractivity contribution >= 4 is 62.2 Å². The SMILES string of the molecule is Cc1[nH]c(/C=C2\C(=O)Nc3ccc(S(=O)(=O)Cc4c(Cl)cccc4Cl)cc32)c(C)c1C(=O)N1CC[C@H](N)C1. The van der Waals surface area contributed by atoms with Crippen LogP contribution in [0.2, 0.25) is 10.0 Å². The molecule has 8 nitrogen and oxygen atoms in total. The van der Waals surface area contributed by atoms with Gasteiger partial charge < -0.3 is 20.9 Å². The molecular weight excluding hydrogens is 547 g/mol. The first-order valence-corrected chi connectivity index (χ1v) is 14.4. The second kappa shape index (κ2) is 9.89. The van der Waals surface area contributed by atoms with Crippen molar-refractivity contribution in [1.82, 2.24) is 9.88 Å². The highest BCUT2D eigenvalue weighted by Crippen LogP contribution is 2.37. The predicted molar refractivity (Wildman–Crippen MR) is 149 cm³/mol. The number of aryl methyl sites for hydroxylation is 1. The van der Waals surface area contributed by atoms with E-state index in [0.717, 1.165) is 6.42 Å². The number of fused-ring (bicyclic) bond motifs is 1. The smallest absolute Gasteiger partial charge is 0.256 e. The Morgan fingerprint density at radius 2 is 1.89 bits per heavy atom. The lowest BCUT2D eigenvalue weighted by Crippen LogP contribution is -2.32. The Morgan fingerprint density at radius 3 is 2.55 bits per heavy atom.